The first kappa shape index (κ1) is 10.8. The van der Waals surface area contributed by atoms with Gasteiger partial charge in [0.1, 0.15) is 11.9 Å². The first-order valence-electron chi connectivity index (χ1n) is 5.42. The van der Waals surface area contributed by atoms with Crippen molar-refractivity contribution >= 4 is 0 Å². The molecule has 0 aliphatic heterocycles. The van der Waals surface area contributed by atoms with Crippen molar-refractivity contribution in [2.45, 2.75) is 25.4 Å². The lowest BCUT2D eigenvalue weighted by Crippen LogP contribution is -2.00. The first-order valence-corrected chi connectivity index (χ1v) is 5.42. The van der Waals surface area contributed by atoms with Crippen molar-refractivity contribution in [2.24, 2.45) is 0 Å². The van der Waals surface area contributed by atoms with Gasteiger partial charge >= 0.3 is 0 Å². The van der Waals surface area contributed by atoms with E-state index in [0.29, 0.717) is 5.82 Å². The molecule has 16 heavy (non-hydrogen) atoms. The van der Waals surface area contributed by atoms with Gasteiger partial charge in [-0.05, 0) is 37.0 Å². The van der Waals surface area contributed by atoms with Crippen molar-refractivity contribution in [3.63, 3.8) is 0 Å². The van der Waals surface area contributed by atoms with Crippen LogP contribution in [0, 0.1) is 0 Å². The predicted octanol–water partition coefficient (Wildman–Crippen LogP) is 1.86. The highest BCUT2D eigenvalue weighted by Crippen LogP contribution is 2.15. The van der Waals surface area contributed by atoms with E-state index >= 15 is 0 Å². The molecule has 1 unspecified atom stereocenters. The van der Waals surface area contributed by atoms with Gasteiger partial charge < -0.3 is 10.1 Å². The fourth-order valence-corrected chi connectivity index (χ4v) is 1.65. The lowest BCUT2D eigenvalue weighted by Gasteiger charge is -2.07. The second-order valence-electron chi connectivity index (χ2n) is 3.74. The average Bonchev–Trinajstić information content (AvgIpc) is 2.84. The Morgan fingerprint density at radius 3 is 2.75 bits per heavy atom. The SMILES string of the molecule is OC(CCCc1ccncc1)c1ncc[nH]1. The third-order valence-corrected chi connectivity index (χ3v) is 2.53. The van der Waals surface area contributed by atoms with Crippen molar-refractivity contribution < 1.29 is 5.11 Å². The molecule has 0 fully saturated rings. The molecule has 2 heterocycles. The van der Waals surface area contributed by atoms with Crippen molar-refractivity contribution in [1.29, 1.82) is 0 Å². The molecule has 0 bridgehead atoms. The number of aryl methyl sites for hydroxylation is 1. The van der Waals surface area contributed by atoms with Crippen LogP contribution in [0.5, 0.6) is 0 Å². The molecule has 1 atom stereocenters. The van der Waals surface area contributed by atoms with Gasteiger partial charge in [0.2, 0.25) is 0 Å². The van der Waals surface area contributed by atoms with Crippen LogP contribution in [0.15, 0.2) is 36.9 Å². The van der Waals surface area contributed by atoms with Crippen LogP contribution in [0.25, 0.3) is 0 Å². The number of aromatic amines is 1. The van der Waals surface area contributed by atoms with Gasteiger partial charge in [-0.3, -0.25) is 4.98 Å². The fraction of sp³-hybridized carbons (Fsp3) is 0.333. The van der Waals surface area contributed by atoms with Crippen molar-refractivity contribution in [2.75, 3.05) is 0 Å². The van der Waals surface area contributed by atoms with E-state index in [0.717, 1.165) is 19.3 Å². The highest BCUT2D eigenvalue weighted by Gasteiger charge is 2.08. The molecule has 4 nitrogen and oxygen atoms in total. The van der Waals surface area contributed by atoms with Crippen LogP contribution >= 0.6 is 0 Å². The van der Waals surface area contributed by atoms with Gasteiger partial charge in [-0.2, -0.15) is 0 Å². The summed E-state index contributed by atoms with van der Waals surface area (Å²) in [5.74, 6) is 0.648. The Morgan fingerprint density at radius 2 is 2.06 bits per heavy atom. The number of aliphatic hydroxyl groups is 1. The molecule has 84 valence electrons. The maximum atomic E-state index is 9.78. The van der Waals surface area contributed by atoms with Gasteiger partial charge in [0.15, 0.2) is 0 Å². The standard InChI is InChI=1S/C12H15N3O/c16-11(12-14-8-9-15-12)3-1-2-10-4-6-13-7-5-10/h4-9,11,16H,1-3H2,(H,14,15). The number of pyridine rings is 1. The number of aliphatic hydroxyl groups excluding tert-OH is 1. The Hall–Kier alpha value is -1.68. The summed E-state index contributed by atoms with van der Waals surface area (Å²) in [4.78, 5) is 10.9. The van der Waals surface area contributed by atoms with Crippen molar-refractivity contribution in [3.05, 3.63) is 48.3 Å². The molecule has 2 aromatic rings. The Labute approximate surface area is 94.4 Å². The molecule has 2 rings (SSSR count). The number of rotatable bonds is 5. The summed E-state index contributed by atoms with van der Waals surface area (Å²) in [7, 11) is 0. The number of nitrogens with one attached hydrogen (secondary N) is 1. The number of hydrogen-bond acceptors (Lipinski definition) is 3. The van der Waals surface area contributed by atoms with Gasteiger partial charge in [-0.1, -0.05) is 0 Å². The summed E-state index contributed by atoms with van der Waals surface area (Å²) in [5, 5.41) is 9.78. The molecular formula is C12H15N3O. The lowest BCUT2D eigenvalue weighted by molar-refractivity contribution is 0.156. The van der Waals surface area contributed by atoms with E-state index < -0.39 is 6.10 Å². The zero-order chi connectivity index (χ0) is 11.2. The summed E-state index contributed by atoms with van der Waals surface area (Å²) in [6.07, 6.45) is 9.08. The fourth-order valence-electron chi connectivity index (χ4n) is 1.65. The molecule has 0 amide bonds. The molecule has 0 aromatic carbocycles. The Bertz CT molecular complexity index is 399. The number of imidazole rings is 1. The van der Waals surface area contributed by atoms with Crippen LogP contribution in [-0.4, -0.2) is 20.1 Å². The minimum atomic E-state index is -0.489. The topological polar surface area (TPSA) is 61.8 Å². The lowest BCUT2D eigenvalue weighted by atomic mass is 10.1. The summed E-state index contributed by atoms with van der Waals surface area (Å²) in [5.41, 5.74) is 1.25. The van der Waals surface area contributed by atoms with Crippen LogP contribution in [0.3, 0.4) is 0 Å². The monoisotopic (exact) mass is 217 g/mol. The predicted molar refractivity (Wildman–Crippen MR) is 60.7 cm³/mol. The quantitative estimate of drug-likeness (QED) is 0.803. The summed E-state index contributed by atoms with van der Waals surface area (Å²) in [6.45, 7) is 0. The summed E-state index contributed by atoms with van der Waals surface area (Å²) in [6, 6.07) is 4.00. The molecule has 4 heteroatoms. The van der Waals surface area contributed by atoms with E-state index in [9.17, 15) is 5.11 Å². The molecule has 0 aliphatic rings. The molecule has 0 saturated heterocycles. The smallest absolute Gasteiger partial charge is 0.134 e. The highest BCUT2D eigenvalue weighted by molar-refractivity contribution is 5.09. The molecular weight excluding hydrogens is 202 g/mol. The second-order valence-corrected chi connectivity index (χ2v) is 3.74. The number of aromatic nitrogens is 3. The number of nitrogens with zero attached hydrogens (tertiary/aromatic N) is 2. The molecule has 2 aromatic heterocycles. The second kappa shape index (κ2) is 5.42. The largest absolute Gasteiger partial charge is 0.385 e. The van der Waals surface area contributed by atoms with Gasteiger partial charge in [0.05, 0.1) is 0 Å². The van der Waals surface area contributed by atoms with E-state index in [1.54, 1.807) is 24.8 Å². The van der Waals surface area contributed by atoms with Crippen molar-refractivity contribution in [1.82, 2.24) is 15.0 Å². The average molecular weight is 217 g/mol. The van der Waals surface area contributed by atoms with E-state index in [1.165, 1.54) is 5.56 Å². The molecule has 2 N–H and O–H groups in total. The molecule has 0 aliphatic carbocycles. The van der Waals surface area contributed by atoms with Gasteiger partial charge in [0, 0.05) is 24.8 Å². The van der Waals surface area contributed by atoms with Gasteiger partial charge in [-0.15, -0.1) is 0 Å². The summed E-state index contributed by atoms with van der Waals surface area (Å²) >= 11 is 0. The zero-order valence-electron chi connectivity index (χ0n) is 9.00. The van der Waals surface area contributed by atoms with E-state index in [2.05, 4.69) is 15.0 Å². The normalized spacial score (nSPS) is 12.6. The minimum absolute atomic E-state index is 0.489. The van der Waals surface area contributed by atoms with Crippen LogP contribution in [0.1, 0.15) is 30.3 Å². The number of H-pyrrole nitrogens is 1. The van der Waals surface area contributed by atoms with Gasteiger partial charge in [-0.25, -0.2) is 4.98 Å². The van der Waals surface area contributed by atoms with Crippen molar-refractivity contribution in [3.8, 4) is 0 Å². The molecule has 0 radical (unpaired) electrons. The number of hydrogen-bond donors (Lipinski definition) is 2. The van der Waals surface area contributed by atoms with E-state index in [1.807, 2.05) is 12.1 Å². The maximum Gasteiger partial charge on any atom is 0.134 e. The molecule has 0 saturated carbocycles. The Balaban J connectivity index is 1.76. The minimum Gasteiger partial charge on any atom is -0.385 e. The van der Waals surface area contributed by atoms with E-state index in [-0.39, 0.29) is 0 Å². The zero-order valence-corrected chi connectivity index (χ0v) is 9.00. The Morgan fingerprint density at radius 1 is 1.25 bits per heavy atom. The highest BCUT2D eigenvalue weighted by atomic mass is 16.3. The molecule has 0 spiro atoms. The van der Waals surface area contributed by atoms with Crippen LogP contribution < -0.4 is 0 Å². The van der Waals surface area contributed by atoms with Gasteiger partial charge in [0.25, 0.3) is 0 Å². The Kier molecular flexibility index (Phi) is 3.66. The first-order chi connectivity index (χ1) is 7.86. The van der Waals surface area contributed by atoms with Crippen LogP contribution in [-0.2, 0) is 6.42 Å². The third-order valence-electron chi connectivity index (χ3n) is 2.53. The third kappa shape index (κ3) is 2.90. The summed E-state index contributed by atoms with van der Waals surface area (Å²) < 4.78 is 0. The van der Waals surface area contributed by atoms with Crippen LogP contribution in [0.4, 0.5) is 0 Å². The maximum absolute atomic E-state index is 9.78. The van der Waals surface area contributed by atoms with Crippen LogP contribution in [0.2, 0.25) is 0 Å². The van der Waals surface area contributed by atoms with E-state index in [4.69, 9.17) is 0 Å².